The van der Waals surface area contributed by atoms with Crippen molar-refractivity contribution in [3.05, 3.63) is 94.7 Å². The quantitative estimate of drug-likeness (QED) is 0.240. The van der Waals surface area contributed by atoms with Crippen molar-refractivity contribution < 1.29 is 28.7 Å². The van der Waals surface area contributed by atoms with Crippen LogP contribution in [0.1, 0.15) is 47.9 Å². The highest BCUT2D eigenvalue weighted by Gasteiger charge is 2.39. The third-order valence-corrected chi connectivity index (χ3v) is 6.07. The number of hydrogen-bond acceptors (Lipinski definition) is 7. The molecule has 1 aliphatic heterocycles. The highest BCUT2D eigenvalue weighted by molar-refractivity contribution is 6.53. The molecule has 0 spiro atoms. The Balaban J connectivity index is 1.46. The molecule has 9 nitrogen and oxygen atoms in total. The van der Waals surface area contributed by atoms with Gasteiger partial charge in [-0.1, -0.05) is 36.7 Å². The molecule has 3 aromatic rings. The van der Waals surface area contributed by atoms with E-state index in [0.29, 0.717) is 29.1 Å². The summed E-state index contributed by atoms with van der Waals surface area (Å²) in [7, 11) is 0. The van der Waals surface area contributed by atoms with Crippen LogP contribution in [0.5, 0.6) is 5.75 Å². The van der Waals surface area contributed by atoms with Gasteiger partial charge in [0.1, 0.15) is 16.5 Å². The molecule has 0 saturated heterocycles. The Kier molecular flexibility index (Phi) is 8.86. The van der Waals surface area contributed by atoms with Crippen LogP contribution in [0, 0.1) is 0 Å². The average Bonchev–Trinajstić information content (AvgIpc) is 3.15. The van der Waals surface area contributed by atoms with Gasteiger partial charge in [-0.25, -0.2) is 9.69 Å². The second-order valence-electron chi connectivity index (χ2n) is 9.14. The predicted molar refractivity (Wildman–Crippen MR) is 153 cm³/mol. The van der Waals surface area contributed by atoms with E-state index in [1.165, 1.54) is 18.2 Å². The normalized spacial score (nSPS) is 13.1. The van der Waals surface area contributed by atoms with Crippen molar-refractivity contribution in [2.24, 2.45) is 0 Å². The van der Waals surface area contributed by atoms with Gasteiger partial charge in [0.2, 0.25) is 0 Å². The molecule has 206 valence electrons. The van der Waals surface area contributed by atoms with Crippen molar-refractivity contribution in [3.8, 4) is 5.75 Å². The van der Waals surface area contributed by atoms with Crippen LogP contribution in [0.3, 0.4) is 0 Å². The molecule has 3 amide bonds. The van der Waals surface area contributed by atoms with E-state index < -0.39 is 17.8 Å². The van der Waals surface area contributed by atoms with Crippen LogP contribution in [0.25, 0.3) is 0 Å². The first-order valence-electron chi connectivity index (χ1n) is 12.7. The third-order valence-electron chi connectivity index (χ3n) is 5.72. The first-order valence-corrected chi connectivity index (χ1v) is 13.1. The van der Waals surface area contributed by atoms with E-state index in [4.69, 9.17) is 21.1 Å². The van der Waals surface area contributed by atoms with Gasteiger partial charge in [0.25, 0.3) is 17.7 Å². The molecule has 2 N–H and O–H groups in total. The second-order valence-corrected chi connectivity index (χ2v) is 9.52. The number of benzene rings is 3. The van der Waals surface area contributed by atoms with Gasteiger partial charge in [-0.15, -0.1) is 0 Å². The zero-order chi connectivity index (χ0) is 28.8. The van der Waals surface area contributed by atoms with Crippen LogP contribution in [0.15, 0.2) is 83.5 Å². The summed E-state index contributed by atoms with van der Waals surface area (Å²) in [5.74, 6) is -1.76. The third kappa shape index (κ3) is 6.32. The Morgan fingerprint density at radius 1 is 0.925 bits per heavy atom. The zero-order valence-electron chi connectivity index (χ0n) is 22.2. The molecule has 1 heterocycles. The molecular weight excluding hydrogens is 534 g/mol. The van der Waals surface area contributed by atoms with Gasteiger partial charge in [-0.2, -0.15) is 0 Å². The zero-order valence-corrected chi connectivity index (χ0v) is 23.0. The number of anilines is 3. The van der Waals surface area contributed by atoms with Gasteiger partial charge in [-0.05, 0) is 74.9 Å². The van der Waals surface area contributed by atoms with Gasteiger partial charge < -0.3 is 20.1 Å². The summed E-state index contributed by atoms with van der Waals surface area (Å²) in [4.78, 5) is 52.0. The van der Waals surface area contributed by atoms with Crippen LogP contribution in [-0.2, 0) is 14.3 Å². The molecule has 0 atom stereocenters. The number of hydrogen-bond donors (Lipinski definition) is 2. The number of carbonyl (C=O) groups excluding carboxylic acids is 4. The number of rotatable bonds is 10. The maximum Gasteiger partial charge on any atom is 0.338 e. The minimum absolute atomic E-state index is 0.0584. The van der Waals surface area contributed by atoms with Crippen LogP contribution in [0.2, 0.25) is 0 Å². The highest BCUT2D eigenvalue weighted by atomic mass is 35.5. The fourth-order valence-corrected chi connectivity index (χ4v) is 4.08. The summed E-state index contributed by atoms with van der Waals surface area (Å²) in [5.41, 5.74) is 1.61. The number of halogens is 1. The Morgan fingerprint density at radius 3 is 2.35 bits per heavy atom. The molecule has 0 fully saturated rings. The summed E-state index contributed by atoms with van der Waals surface area (Å²) < 4.78 is 10.9. The van der Waals surface area contributed by atoms with Crippen molar-refractivity contribution in [2.45, 2.75) is 33.3 Å². The minimum Gasteiger partial charge on any atom is -0.489 e. The number of amides is 3. The number of ether oxygens (including phenoxy) is 2. The standard InChI is InChI=1S/C30H28ClN3O6/c1-4-16-39-30(38)20-8-7-9-22(17-20)34-28(36)25(31)26(29(34)37)32-21-14-12-19(13-15-21)27(35)33-23-10-5-6-11-24(23)40-18(2)3/h5-15,17-18,32H,4,16H2,1-3H3,(H,33,35). The maximum absolute atomic E-state index is 13.2. The van der Waals surface area contributed by atoms with Gasteiger partial charge in [0.05, 0.1) is 29.6 Å². The molecule has 0 bridgehead atoms. The highest BCUT2D eigenvalue weighted by Crippen LogP contribution is 2.31. The summed E-state index contributed by atoms with van der Waals surface area (Å²) in [5, 5.41) is 5.42. The van der Waals surface area contributed by atoms with E-state index in [-0.39, 0.29) is 40.6 Å². The fourth-order valence-electron chi connectivity index (χ4n) is 3.87. The van der Waals surface area contributed by atoms with Gasteiger partial charge in [-0.3, -0.25) is 14.4 Å². The number of nitrogens with one attached hydrogen (secondary N) is 2. The molecule has 40 heavy (non-hydrogen) atoms. The number of carbonyl (C=O) groups is 4. The molecular formula is C30H28ClN3O6. The van der Waals surface area contributed by atoms with Gasteiger partial charge in [0, 0.05) is 11.3 Å². The smallest absolute Gasteiger partial charge is 0.338 e. The van der Waals surface area contributed by atoms with E-state index in [0.717, 1.165) is 4.90 Å². The summed E-state index contributed by atoms with van der Waals surface area (Å²) in [6, 6.07) is 19.5. The molecule has 4 rings (SSSR count). The lowest BCUT2D eigenvalue weighted by atomic mass is 10.1. The molecule has 0 unspecified atom stereocenters. The minimum atomic E-state index is -0.730. The van der Waals surface area contributed by atoms with E-state index in [2.05, 4.69) is 10.6 Å². The van der Waals surface area contributed by atoms with Crippen molar-refractivity contribution in [1.29, 1.82) is 0 Å². The predicted octanol–water partition coefficient (Wildman–Crippen LogP) is 5.73. The van der Waals surface area contributed by atoms with Crippen LogP contribution in [-0.4, -0.2) is 36.4 Å². The Labute approximate surface area is 236 Å². The molecule has 3 aromatic carbocycles. The van der Waals surface area contributed by atoms with E-state index in [9.17, 15) is 19.2 Å². The van der Waals surface area contributed by atoms with Crippen molar-refractivity contribution in [1.82, 2.24) is 0 Å². The number of imide groups is 1. The first-order chi connectivity index (χ1) is 19.2. The first kappa shape index (κ1) is 28.4. The van der Waals surface area contributed by atoms with Crippen LogP contribution >= 0.6 is 11.6 Å². The van der Waals surface area contributed by atoms with Crippen molar-refractivity contribution in [2.75, 3.05) is 22.1 Å². The molecule has 1 aliphatic rings. The van der Waals surface area contributed by atoms with E-state index in [1.54, 1.807) is 48.5 Å². The molecule has 0 aliphatic carbocycles. The Hall–Kier alpha value is -4.63. The van der Waals surface area contributed by atoms with Crippen molar-refractivity contribution >= 4 is 52.4 Å². The lowest BCUT2D eigenvalue weighted by Crippen LogP contribution is -2.32. The number of nitrogens with zero attached hydrogens (tertiary/aromatic N) is 1. The lowest BCUT2D eigenvalue weighted by Gasteiger charge is -2.16. The van der Waals surface area contributed by atoms with E-state index in [1.807, 2.05) is 26.8 Å². The maximum atomic E-state index is 13.2. The summed E-state index contributed by atoms with van der Waals surface area (Å²) in [6.07, 6.45) is 0.604. The van der Waals surface area contributed by atoms with Crippen molar-refractivity contribution in [3.63, 3.8) is 0 Å². The molecule has 0 aromatic heterocycles. The van der Waals surface area contributed by atoms with Gasteiger partial charge >= 0.3 is 5.97 Å². The molecule has 0 radical (unpaired) electrons. The average molecular weight is 562 g/mol. The summed E-state index contributed by atoms with van der Waals surface area (Å²) >= 11 is 6.25. The largest absolute Gasteiger partial charge is 0.489 e. The Bertz CT molecular complexity index is 1480. The second kappa shape index (κ2) is 12.5. The number of esters is 1. The topological polar surface area (TPSA) is 114 Å². The van der Waals surface area contributed by atoms with Crippen LogP contribution < -0.4 is 20.3 Å². The monoisotopic (exact) mass is 561 g/mol. The molecule has 10 heteroatoms. The lowest BCUT2D eigenvalue weighted by molar-refractivity contribution is -0.120. The fraction of sp³-hybridized carbons (Fsp3) is 0.200. The summed E-state index contributed by atoms with van der Waals surface area (Å²) in [6.45, 7) is 5.93. The van der Waals surface area contributed by atoms with Gasteiger partial charge in [0.15, 0.2) is 0 Å². The Morgan fingerprint density at radius 2 is 1.65 bits per heavy atom. The van der Waals surface area contributed by atoms with Crippen LogP contribution in [0.4, 0.5) is 17.1 Å². The van der Waals surface area contributed by atoms with E-state index >= 15 is 0 Å². The SMILES string of the molecule is CCCOC(=O)c1cccc(N2C(=O)C(Cl)=C(Nc3ccc(C(=O)Nc4ccccc4OC(C)C)cc3)C2=O)c1. The molecule has 0 saturated carbocycles. The number of para-hydroxylation sites is 2.